The summed E-state index contributed by atoms with van der Waals surface area (Å²) in [7, 11) is -3.39. The lowest BCUT2D eigenvalue weighted by atomic mass is 9.82. The van der Waals surface area contributed by atoms with Crippen LogP contribution in [-0.2, 0) is 9.84 Å². The van der Waals surface area contributed by atoms with E-state index in [1.807, 2.05) is 6.20 Å². The Balaban J connectivity index is 1.57. The molecular formula is C21H27N5O3S. The van der Waals surface area contributed by atoms with Crippen molar-refractivity contribution in [3.8, 4) is 6.07 Å². The third-order valence-corrected chi connectivity index (χ3v) is 7.36. The molecule has 1 aromatic carbocycles. The molecule has 3 aliphatic rings. The number of rotatable bonds is 6. The number of sulfone groups is 1. The van der Waals surface area contributed by atoms with Crippen LogP contribution in [0.15, 0.2) is 41.1 Å². The molecule has 9 heteroatoms. The van der Waals surface area contributed by atoms with Crippen LogP contribution >= 0.6 is 0 Å². The van der Waals surface area contributed by atoms with E-state index < -0.39 is 15.4 Å². The highest BCUT2D eigenvalue weighted by Crippen LogP contribution is 2.41. The highest BCUT2D eigenvalue weighted by molar-refractivity contribution is 7.90. The number of carbonyl (C=O) groups excluding carboxylic acids is 1. The van der Waals surface area contributed by atoms with Crippen LogP contribution in [0.5, 0.6) is 0 Å². The number of hydrogen-bond donors (Lipinski definition) is 3. The minimum Gasteiger partial charge on any atom is -0.343 e. The summed E-state index contributed by atoms with van der Waals surface area (Å²) in [6.07, 6.45) is 10.1. The number of hydrazine groups is 2. The van der Waals surface area contributed by atoms with Crippen molar-refractivity contribution in [2.24, 2.45) is 5.92 Å². The molecule has 8 nitrogen and oxygen atoms in total. The molecule has 0 unspecified atom stereocenters. The highest BCUT2D eigenvalue weighted by atomic mass is 32.2. The lowest BCUT2D eigenvalue weighted by Gasteiger charge is -2.31. The molecular weight excluding hydrogens is 402 g/mol. The maximum absolute atomic E-state index is 13.0. The monoisotopic (exact) mass is 429 g/mol. The number of hydrogen-bond acceptors (Lipinski definition) is 7. The third kappa shape index (κ3) is 4.16. The number of amides is 1. The number of nitriles is 1. The van der Waals surface area contributed by atoms with Gasteiger partial charge in [-0.15, -0.1) is 5.53 Å². The zero-order chi connectivity index (χ0) is 21.4. The van der Waals surface area contributed by atoms with Crippen LogP contribution in [0.1, 0.15) is 55.3 Å². The van der Waals surface area contributed by atoms with Crippen LogP contribution in [0.25, 0.3) is 0 Å². The van der Waals surface area contributed by atoms with Gasteiger partial charge in [0.15, 0.2) is 9.84 Å². The summed E-state index contributed by atoms with van der Waals surface area (Å²) in [6.45, 7) is 0. The predicted molar refractivity (Wildman–Crippen MR) is 111 cm³/mol. The maximum atomic E-state index is 13.0. The zero-order valence-corrected chi connectivity index (χ0v) is 17.8. The first-order valence-corrected chi connectivity index (χ1v) is 12.3. The van der Waals surface area contributed by atoms with Gasteiger partial charge in [0.1, 0.15) is 5.54 Å². The second-order valence-electron chi connectivity index (χ2n) is 8.48. The van der Waals surface area contributed by atoms with Gasteiger partial charge in [-0.2, -0.15) is 5.26 Å². The van der Waals surface area contributed by atoms with Crippen molar-refractivity contribution in [2.75, 3.05) is 6.26 Å². The van der Waals surface area contributed by atoms with Gasteiger partial charge in [-0.25, -0.2) is 8.42 Å². The molecule has 1 atom stereocenters. The average Bonchev–Trinajstić information content (AvgIpc) is 3.40. The first kappa shape index (κ1) is 20.7. The van der Waals surface area contributed by atoms with Crippen LogP contribution in [-0.4, -0.2) is 37.2 Å². The Morgan fingerprint density at radius 2 is 2.03 bits per heavy atom. The van der Waals surface area contributed by atoms with E-state index in [0.717, 1.165) is 50.5 Å². The Morgan fingerprint density at radius 1 is 1.30 bits per heavy atom. The minimum absolute atomic E-state index is 0.125. The molecule has 2 saturated carbocycles. The number of nitrogens with one attached hydrogen (secondary N) is 3. The van der Waals surface area contributed by atoms with E-state index >= 15 is 0 Å². The quantitative estimate of drug-likeness (QED) is 0.633. The van der Waals surface area contributed by atoms with Gasteiger partial charge in [-0.3, -0.25) is 9.80 Å². The fraction of sp³-hybridized carbons (Fsp3) is 0.524. The van der Waals surface area contributed by atoms with Crippen molar-refractivity contribution in [1.82, 2.24) is 21.3 Å². The van der Waals surface area contributed by atoms with Gasteiger partial charge in [-0.1, -0.05) is 25.3 Å². The molecule has 1 aromatic rings. The summed E-state index contributed by atoms with van der Waals surface area (Å²) >= 11 is 0. The highest BCUT2D eigenvalue weighted by Gasteiger charge is 2.50. The molecule has 0 spiro atoms. The van der Waals surface area contributed by atoms with Crippen molar-refractivity contribution in [3.05, 3.63) is 41.7 Å². The summed E-state index contributed by atoms with van der Waals surface area (Å²) in [5, 5.41) is 14.4. The van der Waals surface area contributed by atoms with Crippen molar-refractivity contribution >= 4 is 15.7 Å². The van der Waals surface area contributed by atoms with E-state index in [-0.39, 0.29) is 22.8 Å². The Hall–Kier alpha value is -2.57. The molecule has 3 N–H and O–H groups in total. The number of benzene rings is 1. The third-order valence-electron chi connectivity index (χ3n) is 6.25. The van der Waals surface area contributed by atoms with Crippen LogP contribution in [0.3, 0.4) is 0 Å². The molecule has 0 saturated heterocycles. The molecule has 0 radical (unpaired) electrons. The Bertz CT molecular complexity index is 1000. The molecule has 0 bridgehead atoms. The van der Waals surface area contributed by atoms with Gasteiger partial charge in [0.05, 0.1) is 22.7 Å². The molecule has 1 amide bonds. The average molecular weight is 430 g/mol. The van der Waals surface area contributed by atoms with Gasteiger partial charge in [0, 0.05) is 18.0 Å². The van der Waals surface area contributed by atoms with Crippen LogP contribution in [0.4, 0.5) is 0 Å². The van der Waals surface area contributed by atoms with Gasteiger partial charge in [-0.05, 0) is 49.8 Å². The maximum Gasteiger partial charge on any atom is 0.251 e. The summed E-state index contributed by atoms with van der Waals surface area (Å²) in [4.78, 5) is 13.2. The lowest BCUT2D eigenvalue weighted by molar-refractivity contribution is 0.0921. The van der Waals surface area contributed by atoms with Gasteiger partial charge in [0.2, 0.25) is 0 Å². The van der Waals surface area contributed by atoms with Crippen LogP contribution in [0, 0.1) is 17.2 Å². The molecule has 1 aliphatic heterocycles. The minimum atomic E-state index is -3.39. The van der Waals surface area contributed by atoms with Crippen molar-refractivity contribution < 1.29 is 13.2 Å². The Labute approximate surface area is 177 Å². The molecule has 2 aliphatic carbocycles. The topological polar surface area (TPSA) is 114 Å². The molecule has 1 heterocycles. The summed E-state index contributed by atoms with van der Waals surface area (Å²) in [5.74, 6) is -0.0304. The van der Waals surface area contributed by atoms with E-state index in [1.54, 1.807) is 17.1 Å². The van der Waals surface area contributed by atoms with Crippen LogP contribution < -0.4 is 16.3 Å². The Morgan fingerprint density at radius 3 is 2.67 bits per heavy atom. The second kappa shape index (κ2) is 7.93. The van der Waals surface area contributed by atoms with Crippen molar-refractivity contribution in [2.45, 2.75) is 61.4 Å². The predicted octanol–water partition coefficient (Wildman–Crippen LogP) is 1.99. The largest absolute Gasteiger partial charge is 0.343 e. The SMILES string of the molecule is CS(=O)(=O)c1cccc(C(=O)N[C@H](C2=CN(C3(C#N)CC3)NN2)C2CCCCC2)c1. The fourth-order valence-corrected chi connectivity index (χ4v) is 4.92. The van der Waals surface area contributed by atoms with Gasteiger partial charge in [0.25, 0.3) is 5.91 Å². The first-order chi connectivity index (χ1) is 14.3. The fourth-order valence-electron chi connectivity index (χ4n) is 4.25. The van der Waals surface area contributed by atoms with Gasteiger partial charge < -0.3 is 10.7 Å². The van der Waals surface area contributed by atoms with E-state index in [9.17, 15) is 18.5 Å². The van der Waals surface area contributed by atoms with E-state index in [2.05, 4.69) is 22.3 Å². The standard InChI is InChI=1S/C21H27N5O3S/c1-30(28,29)17-9-5-8-16(12-17)20(27)23-19(15-6-3-2-4-7-15)18-13-26(25-24-18)21(14-22)10-11-21/h5,8-9,12-13,15,19,24-25H,2-4,6-7,10-11H2,1H3,(H,23,27)/t19-/m0/s1. The van der Waals surface area contributed by atoms with Crippen LogP contribution in [0.2, 0.25) is 0 Å². The first-order valence-electron chi connectivity index (χ1n) is 10.4. The zero-order valence-electron chi connectivity index (χ0n) is 17.0. The lowest BCUT2D eigenvalue weighted by Crippen LogP contribution is -2.48. The van der Waals surface area contributed by atoms with Crippen molar-refractivity contribution in [1.29, 1.82) is 5.26 Å². The summed E-state index contributed by atoms with van der Waals surface area (Å²) < 4.78 is 23.7. The molecule has 4 rings (SSSR count). The van der Waals surface area contributed by atoms with E-state index in [4.69, 9.17) is 0 Å². The Kier molecular flexibility index (Phi) is 5.47. The van der Waals surface area contributed by atoms with Crippen molar-refractivity contribution in [3.63, 3.8) is 0 Å². The number of carbonyl (C=O) groups is 1. The van der Waals surface area contributed by atoms with E-state index in [1.165, 1.54) is 18.6 Å². The smallest absolute Gasteiger partial charge is 0.251 e. The molecule has 30 heavy (non-hydrogen) atoms. The molecule has 2 fully saturated rings. The van der Waals surface area contributed by atoms with E-state index in [0.29, 0.717) is 5.56 Å². The molecule has 0 aromatic heterocycles. The molecule has 160 valence electrons. The second-order valence-corrected chi connectivity index (χ2v) is 10.5. The van der Waals surface area contributed by atoms with Gasteiger partial charge >= 0.3 is 0 Å². The summed E-state index contributed by atoms with van der Waals surface area (Å²) in [5.41, 5.74) is 6.84. The normalized spacial score (nSPS) is 21.9. The number of nitrogens with zero attached hydrogens (tertiary/aromatic N) is 2. The summed E-state index contributed by atoms with van der Waals surface area (Å²) in [6, 6.07) is 8.22.